The molecule has 33 heavy (non-hydrogen) atoms. The molecule has 4 rings (SSSR count). The SMILES string of the molecule is CCN(CC(=O)NCc1cccs1)C(=O)C1CCN(c2oc(-c3ccco3)nc2C#N)CC1. The molecule has 1 fully saturated rings. The number of oxazole rings is 1. The van der Waals surface area contributed by atoms with Gasteiger partial charge in [0.05, 0.1) is 19.4 Å². The number of carbonyl (C=O) groups is 2. The molecule has 4 heterocycles. The van der Waals surface area contributed by atoms with Gasteiger partial charge in [0.15, 0.2) is 5.76 Å². The number of aromatic nitrogens is 1. The molecule has 9 nitrogen and oxygen atoms in total. The van der Waals surface area contributed by atoms with Gasteiger partial charge in [0.25, 0.3) is 5.89 Å². The Balaban J connectivity index is 1.32. The minimum Gasteiger partial charge on any atom is -0.459 e. The van der Waals surface area contributed by atoms with Crippen LogP contribution in [0.25, 0.3) is 11.7 Å². The molecule has 0 aliphatic carbocycles. The number of nitrogens with zero attached hydrogens (tertiary/aromatic N) is 4. The minimum absolute atomic E-state index is 0.0159. The van der Waals surface area contributed by atoms with Crippen LogP contribution in [0.3, 0.4) is 0 Å². The Kier molecular flexibility index (Phi) is 7.10. The first-order valence-electron chi connectivity index (χ1n) is 10.9. The Morgan fingerprint density at radius 1 is 1.33 bits per heavy atom. The predicted octanol–water partition coefficient (Wildman–Crippen LogP) is 3.25. The molecule has 0 aromatic carbocycles. The van der Waals surface area contributed by atoms with E-state index in [9.17, 15) is 14.9 Å². The highest BCUT2D eigenvalue weighted by Gasteiger charge is 2.31. The van der Waals surface area contributed by atoms with E-state index in [1.165, 1.54) is 6.26 Å². The van der Waals surface area contributed by atoms with E-state index in [0.29, 0.717) is 50.7 Å². The second kappa shape index (κ2) is 10.4. The summed E-state index contributed by atoms with van der Waals surface area (Å²) in [4.78, 5) is 34.2. The smallest absolute Gasteiger partial charge is 0.266 e. The lowest BCUT2D eigenvalue weighted by Gasteiger charge is -2.33. The molecule has 0 spiro atoms. The highest BCUT2D eigenvalue weighted by Crippen LogP contribution is 2.31. The van der Waals surface area contributed by atoms with Crippen LogP contribution >= 0.6 is 11.3 Å². The maximum Gasteiger partial charge on any atom is 0.266 e. The van der Waals surface area contributed by atoms with Crippen molar-refractivity contribution in [1.82, 2.24) is 15.2 Å². The average Bonchev–Trinajstić information content (AvgIpc) is 3.62. The second-order valence-corrected chi connectivity index (χ2v) is 8.76. The third kappa shape index (κ3) is 5.26. The molecule has 1 saturated heterocycles. The van der Waals surface area contributed by atoms with E-state index >= 15 is 0 Å². The summed E-state index contributed by atoms with van der Waals surface area (Å²) in [6.07, 6.45) is 2.73. The van der Waals surface area contributed by atoms with Gasteiger partial charge in [-0.15, -0.1) is 11.3 Å². The fourth-order valence-electron chi connectivity index (χ4n) is 3.87. The van der Waals surface area contributed by atoms with Crippen LogP contribution in [0, 0.1) is 17.2 Å². The molecule has 3 aromatic heterocycles. The zero-order chi connectivity index (χ0) is 23.2. The maximum absolute atomic E-state index is 13.1. The van der Waals surface area contributed by atoms with Gasteiger partial charge in [0, 0.05) is 30.4 Å². The van der Waals surface area contributed by atoms with Crippen molar-refractivity contribution in [3.8, 4) is 17.7 Å². The van der Waals surface area contributed by atoms with Crippen molar-refractivity contribution >= 4 is 29.0 Å². The van der Waals surface area contributed by atoms with Crippen LogP contribution in [0.1, 0.15) is 30.3 Å². The molecule has 172 valence electrons. The number of nitrogens with one attached hydrogen (secondary N) is 1. The number of rotatable bonds is 8. The lowest BCUT2D eigenvalue weighted by Crippen LogP contribution is -2.46. The van der Waals surface area contributed by atoms with Gasteiger partial charge in [0.2, 0.25) is 23.4 Å². The Hall–Kier alpha value is -3.58. The number of amides is 2. The molecule has 0 saturated carbocycles. The normalized spacial score (nSPS) is 14.1. The van der Waals surface area contributed by atoms with E-state index in [2.05, 4.69) is 16.4 Å². The molecule has 0 bridgehead atoms. The molecule has 10 heteroatoms. The van der Waals surface area contributed by atoms with E-state index in [0.717, 1.165) is 4.88 Å². The summed E-state index contributed by atoms with van der Waals surface area (Å²) in [5.41, 5.74) is 0.198. The van der Waals surface area contributed by atoms with Crippen LogP contribution in [0.15, 0.2) is 44.7 Å². The van der Waals surface area contributed by atoms with Gasteiger partial charge in [-0.3, -0.25) is 9.59 Å². The average molecular weight is 468 g/mol. The van der Waals surface area contributed by atoms with Gasteiger partial charge in [-0.05, 0) is 43.3 Å². The van der Waals surface area contributed by atoms with Crippen LogP contribution in [-0.2, 0) is 16.1 Å². The van der Waals surface area contributed by atoms with Crippen LogP contribution in [0.2, 0.25) is 0 Å². The highest BCUT2D eigenvalue weighted by molar-refractivity contribution is 7.09. The Morgan fingerprint density at radius 2 is 2.15 bits per heavy atom. The van der Waals surface area contributed by atoms with Crippen LogP contribution < -0.4 is 10.2 Å². The molecule has 0 atom stereocenters. The quantitative estimate of drug-likeness (QED) is 0.541. The van der Waals surface area contributed by atoms with Gasteiger partial charge >= 0.3 is 0 Å². The summed E-state index contributed by atoms with van der Waals surface area (Å²) < 4.78 is 11.1. The fourth-order valence-corrected chi connectivity index (χ4v) is 4.51. The number of nitriles is 1. The number of likely N-dealkylation sites (N-methyl/N-ethyl adjacent to an activating group) is 1. The number of thiophene rings is 1. The molecule has 0 unspecified atom stereocenters. The van der Waals surface area contributed by atoms with Crippen molar-refractivity contribution in [3.05, 3.63) is 46.5 Å². The maximum atomic E-state index is 13.1. The first kappa shape index (κ1) is 22.6. The number of anilines is 1. The topological polar surface area (TPSA) is 116 Å². The van der Waals surface area contributed by atoms with Gasteiger partial charge in [-0.1, -0.05) is 6.07 Å². The number of hydrogen-bond donors (Lipinski definition) is 1. The van der Waals surface area contributed by atoms with E-state index in [4.69, 9.17) is 8.83 Å². The monoisotopic (exact) mass is 467 g/mol. The summed E-state index contributed by atoms with van der Waals surface area (Å²) in [6, 6.07) is 9.42. The molecule has 1 aliphatic rings. The third-order valence-corrected chi connectivity index (χ3v) is 6.52. The van der Waals surface area contributed by atoms with Crippen molar-refractivity contribution in [2.45, 2.75) is 26.3 Å². The molecule has 1 N–H and O–H groups in total. The Bertz CT molecular complexity index is 1110. The van der Waals surface area contributed by atoms with Crippen LogP contribution in [0.5, 0.6) is 0 Å². The highest BCUT2D eigenvalue weighted by atomic mass is 32.1. The number of furan rings is 1. The number of carbonyl (C=O) groups excluding carboxylic acids is 2. The molecule has 2 amide bonds. The molecular weight excluding hydrogens is 442 g/mol. The van der Waals surface area contributed by atoms with Crippen LogP contribution in [-0.4, -0.2) is 47.9 Å². The lowest BCUT2D eigenvalue weighted by atomic mass is 9.95. The summed E-state index contributed by atoms with van der Waals surface area (Å²) in [5, 5.41) is 14.3. The largest absolute Gasteiger partial charge is 0.459 e. The zero-order valence-electron chi connectivity index (χ0n) is 18.3. The molecule has 0 radical (unpaired) electrons. The second-order valence-electron chi connectivity index (χ2n) is 7.73. The van der Waals surface area contributed by atoms with Gasteiger partial charge < -0.3 is 24.0 Å². The predicted molar refractivity (Wildman–Crippen MR) is 122 cm³/mol. The van der Waals surface area contributed by atoms with Crippen molar-refractivity contribution < 1.29 is 18.4 Å². The van der Waals surface area contributed by atoms with Crippen LogP contribution in [0.4, 0.5) is 5.88 Å². The van der Waals surface area contributed by atoms with Crippen molar-refractivity contribution in [3.63, 3.8) is 0 Å². The minimum atomic E-state index is -0.177. The lowest BCUT2D eigenvalue weighted by molar-refractivity contribution is -0.139. The van der Waals surface area contributed by atoms with E-state index in [-0.39, 0.29) is 35.9 Å². The molecule has 1 aliphatic heterocycles. The molecular formula is C23H25N5O4S. The first-order valence-corrected chi connectivity index (χ1v) is 11.7. The van der Waals surface area contributed by atoms with Gasteiger partial charge in [-0.25, -0.2) is 0 Å². The fraction of sp³-hybridized carbons (Fsp3) is 0.391. The summed E-state index contributed by atoms with van der Waals surface area (Å²) in [6.45, 7) is 3.98. The third-order valence-electron chi connectivity index (χ3n) is 5.65. The number of piperidine rings is 1. The summed E-state index contributed by atoms with van der Waals surface area (Å²) in [5.74, 6) is 0.758. The van der Waals surface area contributed by atoms with Crippen molar-refractivity contribution in [1.29, 1.82) is 5.26 Å². The first-order chi connectivity index (χ1) is 16.1. The summed E-state index contributed by atoms with van der Waals surface area (Å²) in [7, 11) is 0. The van der Waals surface area contributed by atoms with E-state index in [1.54, 1.807) is 28.4 Å². The van der Waals surface area contributed by atoms with E-state index in [1.807, 2.05) is 29.3 Å². The number of hydrogen-bond acceptors (Lipinski definition) is 8. The molecule has 3 aromatic rings. The Morgan fingerprint density at radius 3 is 2.79 bits per heavy atom. The zero-order valence-corrected chi connectivity index (χ0v) is 19.1. The standard InChI is InChI=1S/C23H25N5O4S/c1-2-27(15-20(29)25-14-17-5-4-12-33-17)22(30)16-7-9-28(10-8-16)23-18(13-24)26-21(32-23)19-6-3-11-31-19/h3-6,11-12,16H,2,7-10,14-15H2,1H3,(H,25,29). The van der Waals surface area contributed by atoms with Crippen molar-refractivity contribution in [2.75, 3.05) is 31.1 Å². The van der Waals surface area contributed by atoms with Gasteiger partial charge in [0.1, 0.15) is 6.07 Å². The summed E-state index contributed by atoms with van der Waals surface area (Å²) >= 11 is 1.58. The van der Waals surface area contributed by atoms with E-state index < -0.39 is 0 Å². The van der Waals surface area contributed by atoms with Gasteiger partial charge in [-0.2, -0.15) is 10.2 Å². The van der Waals surface area contributed by atoms with Crippen molar-refractivity contribution in [2.24, 2.45) is 5.92 Å². The Labute approximate surface area is 195 Å².